The molecule has 0 amide bonds. The van der Waals surface area contributed by atoms with Crippen LogP contribution in [0.3, 0.4) is 0 Å². The van der Waals surface area contributed by atoms with Crippen molar-refractivity contribution in [2.45, 2.75) is 38.1 Å². The van der Waals surface area contributed by atoms with E-state index in [1.165, 1.54) is 12.1 Å². The fourth-order valence-electron chi connectivity index (χ4n) is 2.66. The van der Waals surface area contributed by atoms with Crippen LogP contribution in [0.2, 0.25) is 0 Å². The number of halogens is 3. The van der Waals surface area contributed by atoms with Gasteiger partial charge in [0, 0.05) is 20.0 Å². The minimum absolute atomic E-state index is 0.0376. The van der Waals surface area contributed by atoms with Gasteiger partial charge in [0.2, 0.25) is 0 Å². The molecule has 1 aromatic carbocycles. The molecule has 1 aromatic rings. The fraction of sp³-hybridized carbons (Fsp3) is 0.533. The zero-order valence-electron chi connectivity index (χ0n) is 11.8. The predicted molar refractivity (Wildman–Crippen MR) is 72.0 cm³/mol. The number of ether oxygens (including phenoxy) is 1. The fourth-order valence-corrected chi connectivity index (χ4v) is 2.66. The van der Waals surface area contributed by atoms with Crippen LogP contribution < -0.4 is 4.74 Å². The van der Waals surface area contributed by atoms with Gasteiger partial charge in [0.25, 0.3) is 0 Å². The highest BCUT2D eigenvalue weighted by atomic mass is 19.4. The number of carbonyl (C=O) groups is 1. The average Bonchev–Trinajstić information content (AvgIpc) is 2.45. The van der Waals surface area contributed by atoms with Crippen molar-refractivity contribution in [2.24, 2.45) is 0 Å². The molecule has 1 unspecified atom stereocenters. The van der Waals surface area contributed by atoms with E-state index in [1.807, 2.05) is 0 Å². The quantitative estimate of drug-likeness (QED) is 0.853. The molecule has 1 heterocycles. The Labute approximate surface area is 121 Å². The standard InChI is InChI=1S/C15H18F3NO2/c1-12(20)14(15(16,17)18,19-10-6-3-7-11-19)21-13-8-4-2-5-9-13/h2,4-5,8-9H,3,6-7,10-11H2,1H3. The van der Waals surface area contributed by atoms with Crippen molar-refractivity contribution in [1.29, 1.82) is 0 Å². The lowest BCUT2D eigenvalue weighted by atomic mass is 10.0. The van der Waals surface area contributed by atoms with Crippen molar-refractivity contribution >= 4 is 5.78 Å². The second-order valence-corrected chi connectivity index (χ2v) is 5.16. The first-order chi connectivity index (χ1) is 9.88. The van der Waals surface area contributed by atoms with Crippen LogP contribution in [0.15, 0.2) is 30.3 Å². The van der Waals surface area contributed by atoms with E-state index < -0.39 is 17.7 Å². The van der Waals surface area contributed by atoms with Gasteiger partial charge in [0.05, 0.1) is 0 Å². The summed E-state index contributed by atoms with van der Waals surface area (Å²) in [7, 11) is 0. The molecule has 0 bridgehead atoms. The van der Waals surface area contributed by atoms with Gasteiger partial charge in [0.15, 0.2) is 5.78 Å². The summed E-state index contributed by atoms with van der Waals surface area (Å²) < 4.78 is 46.3. The molecule has 0 saturated carbocycles. The largest absolute Gasteiger partial charge is 0.456 e. The zero-order chi connectivity index (χ0) is 15.5. The van der Waals surface area contributed by atoms with Gasteiger partial charge in [-0.15, -0.1) is 0 Å². The van der Waals surface area contributed by atoms with E-state index >= 15 is 0 Å². The lowest BCUT2D eigenvalue weighted by Crippen LogP contribution is -2.68. The summed E-state index contributed by atoms with van der Waals surface area (Å²) in [6.45, 7) is 1.34. The summed E-state index contributed by atoms with van der Waals surface area (Å²) in [6, 6.07) is 7.68. The monoisotopic (exact) mass is 301 g/mol. The molecule has 2 rings (SSSR count). The second-order valence-electron chi connectivity index (χ2n) is 5.16. The molecule has 0 aliphatic carbocycles. The first-order valence-electron chi connectivity index (χ1n) is 6.95. The SMILES string of the molecule is CC(=O)C(Oc1ccccc1)(N1CCCCC1)C(F)(F)F. The van der Waals surface area contributed by atoms with E-state index in [9.17, 15) is 18.0 Å². The number of likely N-dealkylation sites (tertiary alicyclic amines) is 1. The number of rotatable bonds is 4. The molecule has 116 valence electrons. The van der Waals surface area contributed by atoms with Crippen LogP contribution in [0.1, 0.15) is 26.2 Å². The third kappa shape index (κ3) is 3.05. The third-order valence-corrected chi connectivity index (χ3v) is 3.67. The molecule has 1 fully saturated rings. The molecule has 0 N–H and O–H groups in total. The predicted octanol–water partition coefficient (Wildman–Crippen LogP) is 3.40. The number of nitrogens with zero attached hydrogens (tertiary/aromatic N) is 1. The van der Waals surface area contributed by atoms with Crippen molar-refractivity contribution in [3.05, 3.63) is 30.3 Å². The molecule has 6 heteroatoms. The van der Waals surface area contributed by atoms with E-state index in [1.54, 1.807) is 18.2 Å². The normalized spacial score (nSPS) is 19.8. The lowest BCUT2D eigenvalue weighted by molar-refractivity contribution is -0.289. The number of para-hydroxylation sites is 1. The number of carbonyl (C=O) groups excluding carboxylic acids is 1. The van der Waals surface area contributed by atoms with E-state index in [0.717, 1.165) is 18.2 Å². The number of ketones is 1. The molecule has 0 spiro atoms. The van der Waals surface area contributed by atoms with Crippen LogP contribution in [0.5, 0.6) is 5.75 Å². The van der Waals surface area contributed by atoms with E-state index in [2.05, 4.69) is 0 Å². The summed E-state index contributed by atoms with van der Waals surface area (Å²) in [5.74, 6) is -1.00. The minimum atomic E-state index is -4.80. The van der Waals surface area contributed by atoms with Gasteiger partial charge in [-0.1, -0.05) is 24.6 Å². The van der Waals surface area contributed by atoms with Crippen molar-refractivity contribution < 1.29 is 22.7 Å². The molecular weight excluding hydrogens is 283 g/mol. The number of Topliss-reactive ketones (excluding diaryl/α,β-unsaturated/α-hetero) is 1. The number of piperidine rings is 1. The van der Waals surface area contributed by atoms with Gasteiger partial charge in [0.1, 0.15) is 5.75 Å². The summed E-state index contributed by atoms with van der Waals surface area (Å²) in [6.07, 6.45) is -2.67. The maximum Gasteiger partial charge on any atom is 0.451 e. The highest BCUT2D eigenvalue weighted by molar-refractivity contribution is 5.86. The topological polar surface area (TPSA) is 29.5 Å². The molecular formula is C15H18F3NO2. The Bertz CT molecular complexity index is 483. The van der Waals surface area contributed by atoms with Crippen molar-refractivity contribution in [2.75, 3.05) is 13.1 Å². The highest BCUT2D eigenvalue weighted by Crippen LogP contribution is 2.39. The van der Waals surface area contributed by atoms with Crippen LogP contribution in [0.4, 0.5) is 13.2 Å². The number of hydrogen-bond acceptors (Lipinski definition) is 3. The highest BCUT2D eigenvalue weighted by Gasteiger charge is 2.65. The van der Waals surface area contributed by atoms with Gasteiger partial charge >= 0.3 is 11.9 Å². The minimum Gasteiger partial charge on any atom is -0.456 e. The molecule has 0 aromatic heterocycles. The Morgan fingerprint density at radius 1 is 1.10 bits per heavy atom. The van der Waals surface area contributed by atoms with Crippen LogP contribution in [-0.4, -0.2) is 35.7 Å². The van der Waals surface area contributed by atoms with Crippen molar-refractivity contribution in [3.8, 4) is 5.75 Å². The molecule has 1 atom stereocenters. The van der Waals surface area contributed by atoms with Gasteiger partial charge in [-0.2, -0.15) is 13.2 Å². The maximum atomic E-state index is 13.7. The smallest absolute Gasteiger partial charge is 0.451 e. The number of alkyl halides is 3. The lowest BCUT2D eigenvalue weighted by Gasteiger charge is -2.44. The first-order valence-corrected chi connectivity index (χ1v) is 6.95. The molecule has 3 nitrogen and oxygen atoms in total. The number of hydrogen-bond donors (Lipinski definition) is 0. The van der Waals surface area contributed by atoms with Gasteiger partial charge in [-0.05, 0) is 25.0 Å². The molecule has 1 aliphatic rings. The first kappa shape index (κ1) is 15.8. The second kappa shape index (κ2) is 6.05. The van der Waals surface area contributed by atoms with E-state index in [4.69, 9.17) is 4.74 Å². The Morgan fingerprint density at radius 2 is 1.67 bits per heavy atom. The Balaban J connectivity index is 2.43. The maximum absolute atomic E-state index is 13.7. The van der Waals surface area contributed by atoms with Crippen LogP contribution in [0.25, 0.3) is 0 Å². The Kier molecular flexibility index (Phi) is 4.56. The van der Waals surface area contributed by atoms with Gasteiger partial charge in [-0.25, -0.2) is 0 Å². The van der Waals surface area contributed by atoms with Crippen molar-refractivity contribution in [3.63, 3.8) is 0 Å². The average molecular weight is 301 g/mol. The van der Waals surface area contributed by atoms with Crippen molar-refractivity contribution in [1.82, 2.24) is 4.90 Å². The number of benzene rings is 1. The van der Waals surface area contributed by atoms with Gasteiger partial charge < -0.3 is 4.74 Å². The Hall–Kier alpha value is -1.56. The molecule has 1 aliphatic heterocycles. The molecule has 21 heavy (non-hydrogen) atoms. The van der Waals surface area contributed by atoms with E-state index in [-0.39, 0.29) is 18.8 Å². The summed E-state index contributed by atoms with van der Waals surface area (Å²) in [5.41, 5.74) is -2.89. The Morgan fingerprint density at radius 3 is 2.14 bits per heavy atom. The third-order valence-electron chi connectivity index (χ3n) is 3.67. The van der Waals surface area contributed by atoms with E-state index in [0.29, 0.717) is 12.8 Å². The zero-order valence-corrected chi connectivity index (χ0v) is 11.8. The van der Waals surface area contributed by atoms with Gasteiger partial charge in [-0.3, -0.25) is 9.69 Å². The summed E-state index contributed by atoms with van der Waals surface area (Å²) >= 11 is 0. The molecule has 1 saturated heterocycles. The summed E-state index contributed by atoms with van der Waals surface area (Å²) in [5, 5.41) is 0. The molecule has 0 radical (unpaired) electrons. The van der Waals surface area contributed by atoms with Crippen LogP contribution in [0, 0.1) is 0 Å². The van der Waals surface area contributed by atoms with Crippen LogP contribution >= 0.6 is 0 Å². The summed E-state index contributed by atoms with van der Waals surface area (Å²) in [4.78, 5) is 13.0. The van der Waals surface area contributed by atoms with Crippen LogP contribution in [-0.2, 0) is 4.79 Å².